The van der Waals surface area contributed by atoms with Crippen molar-refractivity contribution in [3.63, 3.8) is 0 Å². The number of nitrogens with zero attached hydrogens (tertiary/aromatic N) is 1. The van der Waals surface area contributed by atoms with E-state index in [-0.39, 0.29) is 18.9 Å². The van der Waals surface area contributed by atoms with Crippen molar-refractivity contribution in [3.8, 4) is 5.75 Å². The van der Waals surface area contributed by atoms with Gasteiger partial charge in [0.25, 0.3) is 0 Å². The molecule has 1 amide bonds. The van der Waals surface area contributed by atoms with E-state index in [4.69, 9.17) is 4.74 Å². The number of rotatable bonds is 10. The zero-order valence-electron chi connectivity index (χ0n) is 17.9. The van der Waals surface area contributed by atoms with Gasteiger partial charge in [0, 0.05) is 18.4 Å². The van der Waals surface area contributed by atoms with E-state index in [1.165, 1.54) is 10.6 Å². The van der Waals surface area contributed by atoms with E-state index in [1.807, 2.05) is 67.6 Å². The predicted molar refractivity (Wildman–Crippen MR) is 125 cm³/mol. The summed E-state index contributed by atoms with van der Waals surface area (Å²) < 4.78 is 31.6. The Kier molecular flexibility index (Phi) is 7.52. The summed E-state index contributed by atoms with van der Waals surface area (Å²) in [4.78, 5) is 12.2. The van der Waals surface area contributed by atoms with Gasteiger partial charge in [0.15, 0.2) is 0 Å². The molecule has 3 aromatic rings. The van der Waals surface area contributed by atoms with Gasteiger partial charge in [-0.1, -0.05) is 54.6 Å². The molecule has 0 fully saturated rings. The van der Waals surface area contributed by atoms with Gasteiger partial charge < -0.3 is 10.1 Å². The second-order valence-electron chi connectivity index (χ2n) is 7.40. The molecule has 3 rings (SSSR count). The van der Waals surface area contributed by atoms with Gasteiger partial charge in [0.05, 0.1) is 18.5 Å². The monoisotopic (exact) mass is 440 g/mol. The van der Waals surface area contributed by atoms with Crippen molar-refractivity contribution in [3.05, 3.63) is 72.3 Å². The van der Waals surface area contributed by atoms with Gasteiger partial charge in [0.1, 0.15) is 12.4 Å². The smallest absolute Gasteiger partial charge is 0.232 e. The summed E-state index contributed by atoms with van der Waals surface area (Å²) in [7, 11) is -3.43. The number of amides is 1. The molecule has 31 heavy (non-hydrogen) atoms. The number of nitrogens with one attached hydrogen (secondary N) is 1. The van der Waals surface area contributed by atoms with Crippen LogP contribution >= 0.6 is 0 Å². The summed E-state index contributed by atoms with van der Waals surface area (Å²) >= 11 is 0. The Morgan fingerprint density at radius 1 is 1.00 bits per heavy atom. The minimum atomic E-state index is -3.43. The normalized spacial score (nSPS) is 11.3. The first kappa shape index (κ1) is 22.6. The first-order valence-electron chi connectivity index (χ1n) is 10.3. The van der Waals surface area contributed by atoms with E-state index < -0.39 is 10.0 Å². The maximum Gasteiger partial charge on any atom is 0.232 e. The third-order valence-corrected chi connectivity index (χ3v) is 6.16. The highest BCUT2D eigenvalue weighted by molar-refractivity contribution is 7.92. The lowest BCUT2D eigenvalue weighted by Gasteiger charge is -2.24. The molecule has 0 aliphatic rings. The van der Waals surface area contributed by atoms with E-state index >= 15 is 0 Å². The van der Waals surface area contributed by atoms with Gasteiger partial charge in [-0.25, -0.2) is 8.42 Å². The largest absolute Gasteiger partial charge is 0.491 e. The number of fused-ring (bicyclic) bond motifs is 1. The molecule has 164 valence electrons. The molecule has 0 unspecified atom stereocenters. The third kappa shape index (κ3) is 6.21. The fourth-order valence-electron chi connectivity index (χ4n) is 3.45. The van der Waals surface area contributed by atoms with Gasteiger partial charge in [-0.05, 0) is 36.4 Å². The molecule has 0 heterocycles. The lowest BCUT2D eigenvalue weighted by atomic mass is 10.1. The second kappa shape index (κ2) is 10.3. The van der Waals surface area contributed by atoms with Crippen LogP contribution in [0.3, 0.4) is 0 Å². The number of carbonyl (C=O) groups is 1. The Labute approximate surface area is 183 Å². The van der Waals surface area contributed by atoms with Crippen LogP contribution < -0.4 is 14.4 Å². The van der Waals surface area contributed by atoms with E-state index in [2.05, 4.69) is 5.32 Å². The number of carbonyl (C=O) groups excluding carboxylic acids is 1. The van der Waals surface area contributed by atoms with Crippen LogP contribution in [0.5, 0.6) is 5.75 Å². The average Bonchev–Trinajstić information content (AvgIpc) is 2.74. The van der Waals surface area contributed by atoms with Gasteiger partial charge in [-0.15, -0.1) is 0 Å². The first-order valence-corrected chi connectivity index (χ1v) is 12.1. The Hall–Kier alpha value is -3.06. The number of para-hydroxylation sites is 1. The number of sulfonamides is 1. The van der Waals surface area contributed by atoms with Crippen LogP contribution in [0.15, 0.2) is 66.7 Å². The number of hydrogen-bond donors (Lipinski definition) is 1. The predicted octanol–water partition coefficient (Wildman–Crippen LogP) is 3.89. The highest BCUT2D eigenvalue weighted by atomic mass is 32.2. The number of benzene rings is 3. The number of ether oxygens (including phenoxy) is 1. The van der Waals surface area contributed by atoms with Crippen LogP contribution in [0.1, 0.15) is 18.4 Å². The molecule has 0 atom stereocenters. The Morgan fingerprint density at radius 2 is 1.71 bits per heavy atom. The van der Waals surface area contributed by atoms with E-state index in [9.17, 15) is 13.2 Å². The zero-order chi connectivity index (χ0) is 22.3. The number of anilines is 1. The van der Waals surface area contributed by atoms with Crippen LogP contribution in [-0.4, -0.2) is 40.3 Å². The fourth-order valence-corrected chi connectivity index (χ4v) is 4.48. The minimum absolute atomic E-state index is 0.125. The van der Waals surface area contributed by atoms with Crippen LogP contribution in [-0.2, 0) is 14.8 Å². The molecule has 0 aliphatic heterocycles. The number of aryl methyl sites for hydroxylation is 1. The molecule has 0 saturated carbocycles. The average molecular weight is 441 g/mol. The van der Waals surface area contributed by atoms with E-state index in [1.54, 1.807) is 6.07 Å². The summed E-state index contributed by atoms with van der Waals surface area (Å²) in [5.74, 6) is 0.661. The Morgan fingerprint density at radius 3 is 2.48 bits per heavy atom. The van der Waals surface area contributed by atoms with E-state index in [0.29, 0.717) is 25.3 Å². The minimum Gasteiger partial charge on any atom is -0.491 e. The zero-order valence-corrected chi connectivity index (χ0v) is 18.7. The molecule has 0 aliphatic carbocycles. The topological polar surface area (TPSA) is 75.7 Å². The van der Waals surface area contributed by atoms with Crippen molar-refractivity contribution in [2.24, 2.45) is 0 Å². The van der Waals surface area contributed by atoms with Gasteiger partial charge >= 0.3 is 0 Å². The molecule has 0 bridgehead atoms. The fraction of sp³-hybridized carbons (Fsp3) is 0.292. The lowest BCUT2D eigenvalue weighted by molar-refractivity contribution is -0.121. The summed E-state index contributed by atoms with van der Waals surface area (Å²) in [6.07, 6.45) is 1.85. The molecule has 0 saturated heterocycles. The highest BCUT2D eigenvalue weighted by Crippen LogP contribution is 2.25. The van der Waals surface area contributed by atoms with Gasteiger partial charge in [-0.2, -0.15) is 0 Å². The molecule has 7 heteroatoms. The molecule has 3 aromatic carbocycles. The van der Waals surface area contributed by atoms with E-state index in [0.717, 1.165) is 22.1 Å². The summed E-state index contributed by atoms with van der Waals surface area (Å²) in [5.41, 5.74) is 1.52. The van der Waals surface area contributed by atoms with Crippen LogP contribution in [0.25, 0.3) is 10.8 Å². The van der Waals surface area contributed by atoms with Crippen molar-refractivity contribution < 1.29 is 17.9 Å². The number of hydrogen-bond acceptors (Lipinski definition) is 4. The molecule has 6 nitrogen and oxygen atoms in total. The van der Waals surface area contributed by atoms with Crippen molar-refractivity contribution in [1.82, 2.24) is 5.32 Å². The molecular formula is C24H28N2O4S. The maximum absolute atomic E-state index is 12.2. The molecule has 1 N–H and O–H groups in total. The SMILES string of the molecule is Cc1ccccc1N(CCCC(=O)NCCOc1cccc2ccccc12)S(C)(=O)=O. The molecular weight excluding hydrogens is 412 g/mol. The summed E-state index contributed by atoms with van der Waals surface area (Å²) in [5, 5.41) is 4.97. The van der Waals surface area contributed by atoms with Crippen molar-refractivity contribution in [2.75, 3.05) is 30.3 Å². The third-order valence-electron chi connectivity index (χ3n) is 4.98. The van der Waals surface area contributed by atoms with Crippen LogP contribution in [0.2, 0.25) is 0 Å². The first-order chi connectivity index (χ1) is 14.9. The Bertz CT molecular complexity index is 1140. The van der Waals surface area contributed by atoms with Crippen molar-refractivity contribution >= 4 is 32.4 Å². The van der Waals surface area contributed by atoms with Gasteiger partial charge in [-0.3, -0.25) is 9.10 Å². The van der Waals surface area contributed by atoms with Crippen molar-refractivity contribution in [1.29, 1.82) is 0 Å². The molecule has 0 aromatic heterocycles. The molecule has 0 spiro atoms. The second-order valence-corrected chi connectivity index (χ2v) is 9.31. The standard InChI is InChI=1S/C24H28N2O4S/c1-19-9-3-6-13-22(19)26(31(2,28)29)17-8-15-24(27)25-16-18-30-23-14-7-11-20-10-4-5-12-21(20)23/h3-7,9-14H,8,15-18H2,1-2H3,(H,25,27). The quantitative estimate of drug-likeness (QED) is 0.485. The van der Waals surface area contributed by atoms with Crippen LogP contribution in [0.4, 0.5) is 5.69 Å². The maximum atomic E-state index is 12.2. The lowest BCUT2D eigenvalue weighted by Crippen LogP contribution is -2.33. The Balaban J connectivity index is 1.45. The highest BCUT2D eigenvalue weighted by Gasteiger charge is 2.19. The summed E-state index contributed by atoms with van der Waals surface area (Å²) in [6, 6.07) is 21.2. The van der Waals surface area contributed by atoms with Crippen molar-refractivity contribution in [2.45, 2.75) is 19.8 Å². The van der Waals surface area contributed by atoms with Crippen LogP contribution in [0, 0.1) is 6.92 Å². The molecule has 0 radical (unpaired) electrons. The summed E-state index contributed by atoms with van der Waals surface area (Å²) in [6.45, 7) is 2.87. The van der Waals surface area contributed by atoms with Gasteiger partial charge in [0.2, 0.25) is 15.9 Å².